The largest absolute Gasteiger partial charge is 0.454 e. The smallest absolute Gasteiger partial charge is 0.290 e. The van der Waals surface area contributed by atoms with E-state index >= 15 is 0 Å². The predicted octanol–water partition coefficient (Wildman–Crippen LogP) is 2.39. The van der Waals surface area contributed by atoms with Gasteiger partial charge in [-0.25, -0.2) is 0 Å². The van der Waals surface area contributed by atoms with Gasteiger partial charge in [0.05, 0.1) is 9.93 Å². The number of carbonyl (C=O) groups excluding carboxylic acids is 2. The van der Waals surface area contributed by atoms with Crippen molar-refractivity contribution in [3.63, 3.8) is 0 Å². The van der Waals surface area contributed by atoms with E-state index in [9.17, 15) is 9.59 Å². The summed E-state index contributed by atoms with van der Waals surface area (Å²) < 4.78 is 10.4. The number of carbonyl (C=O) groups is 2. The summed E-state index contributed by atoms with van der Waals surface area (Å²) in [6.07, 6.45) is 1.55. The second-order valence-electron chi connectivity index (χ2n) is 3.58. The highest BCUT2D eigenvalue weighted by molar-refractivity contribution is 8.18. The van der Waals surface area contributed by atoms with Gasteiger partial charge in [-0.15, -0.1) is 0 Å². The van der Waals surface area contributed by atoms with E-state index in [0.29, 0.717) is 27.0 Å². The number of thioether (sulfide) groups is 1. The van der Waals surface area contributed by atoms with Crippen LogP contribution in [0.5, 0.6) is 11.5 Å². The summed E-state index contributed by atoms with van der Waals surface area (Å²) in [5.74, 6) is 0.724. The highest BCUT2D eigenvalue weighted by Crippen LogP contribution is 2.38. The summed E-state index contributed by atoms with van der Waals surface area (Å²) in [7, 11) is 0. The first-order chi connectivity index (χ1) is 8.63. The van der Waals surface area contributed by atoms with Gasteiger partial charge in [-0.3, -0.25) is 14.9 Å². The van der Waals surface area contributed by atoms with Crippen LogP contribution in [0.4, 0.5) is 4.79 Å². The minimum absolute atomic E-state index is 0.152. The van der Waals surface area contributed by atoms with Gasteiger partial charge in [0.1, 0.15) is 0 Å². The molecule has 2 aliphatic heterocycles. The van der Waals surface area contributed by atoms with Crippen molar-refractivity contribution in [1.29, 1.82) is 0 Å². The fourth-order valence-corrected chi connectivity index (χ4v) is 2.49. The zero-order valence-corrected chi connectivity index (χ0v) is 10.4. The molecule has 5 nitrogen and oxygen atoms in total. The summed E-state index contributed by atoms with van der Waals surface area (Å²) in [5, 5.41) is 2.22. The van der Waals surface area contributed by atoms with Crippen LogP contribution < -0.4 is 14.8 Å². The van der Waals surface area contributed by atoms with E-state index in [1.807, 2.05) is 0 Å². The van der Waals surface area contributed by atoms with Crippen LogP contribution in [-0.4, -0.2) is 17.9 Å². The second kappa shape index (κ2) is 4.22. The average Bonchev–Trinajstić information content (AvgIpc) is 2.86. The Hall–Kier alpha value is -1.66. The number of halogens is 1. The van der Waals surface area contributed by atoms with Gasteiger partial charge < -0.3 is 9.47 Å². The lowest BCUT2D eigenvalue weighted by atomic mass is 10.2. The lowest BCUT2D eigenvalue weighted by molar-refractivity contribution is -0.115. The number of amides is 2. The third-order valence-corrected chi connectivity index (χ3v) is 3.56. The molecule has 2 aliphatic rings. The number of hydrogen-bond donors (Lipinski definition) is 1. The van der Waals surface area contributed by atoms with E-state index in [1.54, 1.807) is 18.2 Å². The lowest BCUT2D eigenvalue weighted by Crippen LogP contribution is -2.17. The molecule has 2 amide bonds. The number of rotatable bonds is 1. The van der Waals surface area contributed by atoms with Crippen LogP contribution in [0.15, 0.2) is 17.0 Å². The Bertz CT molecular complexity index is 599. The molecule has 1 fully saturated rings. The Morgan fingerprint density at radius 1 is 1.28 bits per heavy atom. The molecule has 0 radical (unpaired) electrons. The van der Waals surface area contributed by atoms with Crippen molar-refractivity contribution in [3.05, 3.63) is 27.6 Å². The normalized spacial score (nSPS) is 19.5. The Morgan fingerprint density at radius 2 is 2.00 bits per heavy atom. The van der Waals surface area contributed by atoms with E-state index in [-0.39, 0.29) is 12.0 Å². The number of imide groups is 1. The fraction of sp³-hybridized carbons (Fsp3) is 0.0909. The van der Waals surface area contributed by atoms with Crippen molar-refractivity contribution < 1.29 is 19.1 Å². The fourth-order valence-electron chi connectivity index (χ4n) is 1.61. The summed E-state index contributed by atoms with van der Waals surface area (Å²) in [4.78, 5) is 22.8. The second-order valence-corrected chi connectivity index (χ2v) is 5.00. The van der Waals surface area contributed by atoms with Gasteiger partial charge in [-0.1, -0.05) is 11.6 Å². The maximum absolute atomic E-state index is 11.4. The molecule has 92 valence electrons. The van der Waals surface area contributed by atoms with Gasteiger partial charge >= 0.3 is 0 Å². The molecule has 7 heteroatoms. The molecule has 1 aromatic carbocycles. The van der Waals surface area contributed by atoms with Crippen molar-refractivity contribution in [2.24, 2.45) is 0 Å². The van der Waals surface area contributed by atoms with Crippen LogP contribution in [0.1, 0.15) is 5.56 Å². The molecule has 18 heavy (non-hydrogen) atoms. The Labute approximate surface area is 111 Å². The van der Waals surface area contributed by atoms with Gasteiger partial charge in [0.2, 0.25) is 6.79 Å². The molecule has 0 atom stereocenters. The van der Waals surface area contributed by atoms with Gasteiger partial charge in [-0.2, -0.15) is 0 Å². The van der Waals surface area contributed by atoms with Crippen LogP contribution in [0.2, 0.25) is 5.02 Å². The molecule has 0 aromatic heterocycles. The summed E-state index contributed by atoms with van der Waals surface area (Å²) >= 11 is 6.91. The molecular weight excluding hydrogens is 278 g/mol. The van der Waals surface area contributed by atoms with Gasteiger partial charge in [-0.05, 0) is 29.5 Å². The highest BCUT2D eigenvalue weighted by atomic mass is 35.5. The standard InChI is InChI=1S/C11H6ClNO4S/c12-6-3-8-7(16-4-17-8)1-5(6)2-9-10(14)13-11(15)18-9/h1-3H,4H2,(H,13,14,15). The van der Waals surface area contributed by atoms with E-state index < -0.39 is 5.91 Å². The summed E-state index contributed by atoms with van der Waals surface area (Å²) in [6, 6.07) is 3.30. The quantitative estimate of drug-likeness (QED) is 0.802. The average molecular weight is 284 g/mol. The molecule has 0 spiro atoms. The van der Waals surface area contributed by atoms with Crippen molar-refractivity contribution in [2.75, 3.05) is 6.79 Å². The third kappa shape index (κ3) is 1.93. The van der Waals surface area contributed by atoms with E-state index in [1.165, 1.54) is 0 Å². The predicted molar refractivity (Wildman–Crippen MR) is 66.7 cm³/mol. The molecule has 3 rings (SSSR count). The molecule has 0 saturated carbocycles. The van der Waals surface area contributed by atoms with E-state index in [2.05, 4.69) is 5.32 Å². The SMILES string of the molecule is O=C1NC(=O)C(=Cc2cc3c(cc2Cl)OCO3)S1. The summed E-state index contributed by atoms with van der Waals surface area (Å²) in [6.45, 7) is 0.152. The van der Waals surface area contributed by atoms with Crippen LogP contribution in [0, 0.1) is 0 Å². The Balaban J connectivity index is 2.00. The molecule has 1 N–H and O–H groups in total. The zero-order valence-electron chi connectivity index (χ0n) is 8.86. The van der Waals surface area contributed by atoms with Crippen molar-refractivity contribution in [2.45, 2.75) is 0 Å². The first kappa shape index (κ1) is 11.4. The molecule has 0 aliphatic carbocycles. The Kier molecular flexibility index (Phi) is 2.68. The van der Waals surface area contributed by atoms with Crippen LogP contribution >= 0.6 is 23.4 Å². The first-order valence-corrected chi connectivity index (χ1v) is 6.17. The van der Waals surface area contributed by atoms with Crippen molar-refractivity contribution >= 4 is 40.6 Å². The molecule has 1 aromatic rings. The molecule has 2 heterocycles. The minimum Gasteiger partial charge on any atom is -0.454 e. The highest BCUT2D eigenvalue weighted by Gasteiger charge is 2.25. The molecule has 1 saturated heterocycles. The monoisotopic (exact) mass is 283 g/mol. The maximum Gasteiger partial charge on any atom is 0.290 e. The first-order valence-electron chi connectivity index (χ1n) is 4.97. The van der Waals surface area contributed by atoms with Gasteiger partial charge in [0.15, 0.2) is 11.5 Å². The van der Waals surface area contributed by atoms with Crippen LogP contribution in [-0.2, 0) is 4.79 Å². The number of fused-ring (bicyclic) bond motifs is 1. The third-order valence-electron chi connectivity index (χ3n) is 2.42. The van der Waals surface area contributed by atoms with Crippen molar-refractivity contribution in [1.82, 2.24) is 5.32 Å². The van der Waals surface area contributed by atoms with Crippen LogP contribution in [0.25, 0.3) is 6.08 Å². The molecular formula is C11H6ClNO4S. The lowest BCUT2D eigenvalue weighted by Gasteiger charge is -2.02. The maximum atomic E-state index is 11.4. The summed E-state index contributed by atoms with van der Waals surface area (Å²) in [5.41, 5.74) is 0.605. The Morgan fingerprint density at radius 3 is 2.67 bits per heavy atom. The number of nitrogens with one attached hydrogen (secondary N) is 1. The number of hydrogen-bond acceptors (Lipinski definition) is 5. The minimum atomic E-state index is -0.418. The van der Waals surface area contributed by atoms with Gasteiger partial charge in [0, 0.05) is 6.07 Å². The topological polar surface area (TPSA) is 64.6 Å². The van der Waals surface area contributed by atoms with E-state index in [4.69, 9.17) is 21.1 Å². The van der Waals surface area contributed by atoms with Gasteiger partial charge in [0.25, 0.3) is 11.1 Å². The molecule has 0 bridgehead atoms. The van der Waals surface area contributed by atoms with Crippen LogP contribution in [0.3, 0.4) is 0 Å². The molecule has 0 unspecified atom stereocenters. The van der Waals surface area contributed by atoms with Crippen molar-refractivity contribution in [3.8, 4) is 11.5 Å². The number of benzene rings is 1. The number of ether oxygens (including phenoxy) is 2. The van der Waals surface area contributed by atoms with E-state index in [0.717, 1.165) is 11.8 Å². The zero-order chi connectivity index (χ0) is 12.7.